The van der Waals surface area contributed by atoms with Crippen LogP contribution < -0.4 is 0 Å². The van der Waals surface area contributed by atoms with Crippen LogP contribution in [-0.2, 0) is 12.8 Å². The molecule has 0 radical (unpaired) electrons. The van der Waals surface area contributed by atoms with Crippen molar-refractivity contribution < 1.29 is 0 Å². The van der Waals surface area contributed by atoms with Gasteiger partial charge in [-0.2, -0.15) is 0 Å². The molecule has 1 heterocycles. The van der Waals surface area contributed by atoms with Crippen molar-refractivity contribution in [2.24, 2.45) is 5.92 Å². The Morgan fingerprint density at radius 2 is 1.26 bits per heavy atom. The van der Waals surface area contributed by atoms with Crippen molar-refractivity contribution in [3.8, 4) is 0 Å². The van der Waals surface area contributed by atoms with E-state index in [1.165, 1.54) is 152 Å². The van der Waals surface area contributed by atoms with Crippen molar-refractivity contribution in [3.05, 3.63) is 34.5 Å². The van der Waals surface area contributed by atoms with Crippen LogP contribution in [-0.4, -0.2) is 4.98 Å². The van der Waals surface area contributed by atoms with Crippen LogP contribution in [0.2, 0.25) is 5.02 Å². The first kappa shape index (κ1) is 27.6. The maximum Gasteiger partial charge on any atom is 0.0648 e. The third kappa shape index (κ3) is 9.60. The number of aromatic amines is 1. The Kier molecular flexibility index (Phi) is 13.6. The summed E-state index contributed by atoms with van der Waals surface area (Å²) >= 11 is 6.40. The number of H-pyrrole nitrogens is 1. The van der Waals surface area contributed by atoms with Crippen molar-refractivity contribution >= 4 is 22.5 Å². The molecule has 1 aliphatic carbocycles. The number of fused-ring (bicyclic) bond motifs is 3. The predicted octanol–water partition coefficient (Wildman–Crippen LogP) is 11.4. The van der Waals surface area contributed by atoms with Crippen molar-refractivity contribution in [2.45, 2.75) is 148 Å². The van der Waals surface area contributed by atoms with Gasteiger partial charge in [0.2, 0.25) is 0 Å². The molecule has 0 saturated carbocycles. The second kappa shape index (κ2) is 16.7. The van der Waals surface area contributed by atoms with E-state index in [0.29, 0.717) is 0 Å². The molecule has 1 aromatic carbocycles. The monoisotopic (exact) mass is 485 g/mol. The fourth-order valence-electron chi connectivity index (χ4n) is 6.06. The normalized spacial score (nSPS) is 15.8. The minimum atomic E-state index is 0.867. The van der Waals surface area contributed by atoms with Crippen molar-refractivity contribution in [3.63, 3.8) is 0 Å². The summed E-state index contributed by atoms with van der Waals surface area (Å²) in [6, 6.07) is 6.34. The Morgan fingerprint density at radius 1 is 0.735 bits per heavy atom. The third-order valence-electron chi connectivity index (χ3n) is 8.24. The minimum Gasteiger partial charge on any atom is -0.357 e. The number of benzene rings is 1. The second-order valence-electron chi connectivity index (χ2n) is 11.2. The Morgan fingerprint density at radius 3 is 1.82 bits per heavy atom. The molecule has 0 bridgehead atoms. The maximum atomic E-state index is 6.40. The van der Waals surface area contributed by atoms with E-state index in [0.717, 1.165) is 16.5 Å². The van der Waals surface area contributed by atoms with Gasteiger partial charge in [0.15, 0.2) is 0 Å². The highest BCUT2D eigenvalue weighted by Crippen LogP contribution is 2.36. The molecule has 1 N–H and O–H groups in total. The lowest BCUT2D eigenvalue weighted by Gasteiger charge is -2.22. The molecule has 192 valence electrons. The quantitative estimate of drug-likeness (QED) is 0.190. The summed E-state index contributed by atoms with van der Waals surface area (Å²) in [6.45, 7) is 2.30. The Bertz CT molecular complexity index is 792. The molecule has 2 aromatic rings. The van der Waals surface area contributed by atoms with E-state index < -0.39 is 0 Å². The van der Waals surface area contributed by atoms with E-state index in [-0.39, 0.29) is 0 Å². The first-order chi connectivity index (χ1) is 16.8. The molecule has 1 nitrogen and oxygen atoms in total. The zero-order chi connectivity index (χ0) is 23.8. The zero-order valence-electron chi connectivity index (χ0n) is 22.2. The van der Waals surface area contributed by atoms with Gasteiger partial charge in [-0.05, 0) is 36.8 Å². The zero-order valence-corrected chi connectivity index (χ0v) is 23.0. The van der Waals surface area contributed by atoms with Crippen LogP contribution in [0.25, 0.3) is 10.9 Å². The summed E-state index contributed by atoms with van der Waals surface area (Å²) in [5.41, 5.74) is 4.15. The van der Waals surface area contributed by atoms with E-state index in [1.54, 1.807) is 5.56 Å². The SMILES string of the molecule is CCCCCCCCCCCCCCCCCCCCC1CCc2[nH]c3c(Cl)cccc3c2C1. The number of hydrogen-bond donors (Lipinski definition) is 1. The topological polar surface area (TPSA) is 15.8 Å². The molecule has 0 fully saturated rings. The van der Waals surface area contributed by atoms with Crippen LogP contribution in [0, 0.1) is 5.92 Å². The van der Waals surface area contributed by atoms with Crippen molar-refractivity contribution in [2.75, 3.05) is 0 Å². The van der Waals surface area contributed by atoms with E-state index in [2.05, 4.69) is 24.0 Å². The molecule has 1 aliphatic rings. The molecular formula is C32H52ClN. The molecule has 1 atom stereocenters. The highest BCUT2D eigenvalue weighted by molar-refractivity contribution is 6.35. The van der Waals surface area contributed by atoms with Gasteiger partial charge in [-0.3, -0.25) is 0 Å². The van der Waals surface area contributed by atoms with Gasteiger partial charge in [-0.15, -0.1) is 0 Å². The van der Waals surface area contributed by atoms with Crippen LogP contribution in [0.1, 0.15) is 147 Å². The molecule has 0 spiro atoms. The Labute approximate surface area is 215 Å². The lowest BCUT2D eigenvalue weighted by atomic mass is 9.83. The van der Waals surface area contributed by atoms with Gasteiger partial charge in [0.1, 0.15) is 0 Å². The van der Waals surface area contributed by atoms with Crippen molar-refractivity contribution in [1.82, 2.24) is 4.98 Å². The van der Waals surface area contributed by atoms with Gasteiger partial charge < -0.3 is 4.98 Å². The number of aryl methyl sites for hydroxylation is 1. The summed E-state index contributed by atoms with van der Waals surface area (Å²) < 4.78 is 0. The lowest BCUT2D eigenvalue weighted by Crippen LogP contribution is -2.13. The third-order valence-corrected chi connectivity index (χ3v) is 8.56. The summed E-state index contributed by atoms with van der Waals surface area (Å²) in [5, 5.41) is 2.23. The molecular weight excluding hydrogens is 434 g/mol. The fourth-order valence-corrected chi connectivity index (χ4v) is 6.28. The molecule has 1 aromatic heterocycles. The molecule has 0 amide bonds. The number of nitrogens with one attached hydrogen (secondary N) is 1. The van der Waals surface area contributed by atoms with Gasteiger partial charge in [0, 0.05) is 11.1 Å². The smallest absolute Gasteiger partial charge is 0.0648 e. The lowest BCUT2D eigenvalue weighted by molar-refractivity contribution is 0.403. The molecule has 2 heteroatoms. The van der Waals surface area contributed by atoms with Gasteiger partial charge in [0.05, 0.1) is 10.5 Å². The summed E-state index contributed by atoms with van der Waals surface area (Å²) in [4.78, 5) is 3.60. The Hall–Kier alpha value is -0.950. The van der Waals surface area contributed by atoms with Crippen LogP contribution in [0.3, 0.4) is 0 Å². The molecule has 1 unspecified atom stereocenters. The maximum absolute atomic E-state index is 6.40. The number of aromatic nitrogens is 1. The van der Waals surface area contributed by atoms with Gasteiger partial charge >= 0.3 is 0 Å². The molecule has 34 heavy (non-hydrogen) atoms. The van der Waals surface area contributed by atoms with E-state index in [1.807, 2.05) is 6.07 Å². The van der Waals surface area contributed by atoms with E-state index in [4.69, 9.17) is 11.6 Å². The minimum absolute atomic E-state index is 0.867. The van der Waals surface area contributed by atoms with E-state index in [9.17, 15) is 0 Å². The first-order valence-corrected chi connectivity index (χ1v) is 15.4. The summed E-state index contributed by atoms with van der Waals surface area (Å²) in [7, 11) is 0. The predicted molar refractivity (Wildman–Crippen MR) is 152 cm³/mol. The largest absolute Gasteiger partial charge is 0.357 e. The highest BCUT2D eigenvalue weighted by atomic mass is 35.5. The summed E-state index contributed by atoms with van der Waals surface area (Å²) in [6.07, 6.45) is 31.4. The molecule has 0 aliphatic heterocycles. The van der Waals surface area contributed by atoms with Crippen LogP contribution in [0.15, 0.2) is 18.2 Å². The van der Waals surface area contributed by atoms with Crippen LogP contribution in [0.5, 0.6) is 0 Å². The number of halogens is 1. The first-order valence-electron chi connectivity index (χ1n) is 15.1. The number of unbranched alkanes of at least 4 members (excludes halogenated alkanes) is 17. The average molecular weight is 486 g/mol. The van der Waals surface area contributed by atoms with E-state index >= 15 is 0 Å². The van der Waals surface area contributed by atoms with Gasteiger partial charge in [-0.1, -0.05) is 153 Å². The number of hydrogen-bond acceptors (Lipinski definition) is 0. The average Bonchev–Trinajstić information content (AvgIpc) is 3.23. The second-order valence-corrected chi connectivity index (χ2v) is 11.6. The van der Waals surface area contributed by atoms with Gasteiger partial charge in [0.25, 0.3) is 0 Å². The highest BCUT2D eigenvalue weighted by Gasteiger charge is 2.22. The van der Waals surface area contributed by atoms with Gasteiger partial charge in [-0.25, -0.2) is 0 Å². The number of para-hydroxylation sites is 1. The summed E-state index contributed by atoms with van der Waals surface area (Å²) in [5.74, 6) is 0.867. The fraction of sp³-hybridized carbons (Fsp3) is 0.750. The number of rotatable bonds is 19. The Balaban J connectivity index is 1.11. The van der Waals surface area contributed by atoms with Crippen LogP contribution >= 0.6 is 11.6 Å². The standard InChI is InChI=1S/C32H52ClN/c1-2-3-4-5-6-7-8-9-10-11-12-13-14-15-16-17-18-19-21-27-24-25-31-29(26-27)28-22-20-23-30(33)32(28)34-31/h20,22-23,27,34H,2-19,21,24-26H2,1H3. The molecule has 0 saturated heterocycles. The van der Waals surface area contributed by atoms with Crippen LogP contribution in [0.4, 0.5) is 0 Å². The molecule has 3 rings (SSSR count). The van der Waals surface area contributed by atoms with Crippen molar-refractivity contribution in [1.29, 1.82) is 0 Å².